The van der Waals surface area contributed by atoms with Gasteiger partial charge in [-0.05, 0) is 43.0 Å². The lowest BCUT2D eigenvalue weighted by molar-refractivity contribution is -0.140. The first-order chi connectivity index (χ1) is 16.4. The summed E-state index contributed by atoms with van der Waals surface area (Å²) in [5.41, 5.74) is 0.618. The number of carbonyl (C=O) groups is 2. The van der Waals surface area contributed by atoms with E-state index in [0.717, 1.165) is 10.6 Å². The van der Waals surface area contributed by atoms with E-state index < -0.39 is 21.9 Å². The van der Waals surface area contributed by atoms with Gasteiger partial charge >= 0.3 is 0 Å². The number of amides is 2. The Morgan fingerprint density at radius 1 is 1.06 bits per heavy atom. The zero-order valence-corrected chi connectivity index (χ0v) is 22.1. The number of nitrogens with one attached hydrogen (secondary N) is 1. The molecule has 0 bridgehead atoms. The SMILES string of the molecule is CC(C)CNC(=O)[C@@H](C)N(Cc1ccccc1Cl)C(=O)CCCN(c1ccccc1F)S(C)(=O)=O. The fourth-order valence-corrected chi connectivity index (χ4v) is 4.64. The molecule has 0 saturated heterocycles. The monoisotopic (exact) mass is 525 g/mol. The van der Waals surface area contributed by atoms with Crippen molar-refractivity contribution in [1.82, 2.24) is 10.2 Å². The minimum Gasteiger partial charge on any atom is -0.354 e. The van der Waals surface area contributed by atoms with Crippen molar-refractivity contribution in [2.45, 2.75) is 46.2 Å². The van der Waals surface area contributed by atoms with Gasteiger partial charge in [0.2, 0.25) is 21.8 Å². The van der Waals surface area contributed by atoms with Crippen molar-refractivity contribution in [2.75, 3.05) is 23.7 Å². The summed E-state index contributed by atoms with van der Waals surface area (Å²) < 4.78 is 39.8. The Balaban J connectivity index is 2.18. The van der Waals surface area contributed by atoms with Gasteiger partial charge in [0.1, 0.15) is 11.9 Å². The molecule has 0 saturated carbocycles. The number of rotatable bonds is 12. The van der Waals surface area contributed by atoms with Crippen LogP contribution in [0.5, 0.6) is 0 Å². The number of carbonyl (C=O) groups excluding carboxylic acids is 2. The van der Waals surface area contributed by atoms with Crippen LogP contribution in [0.2, 0.25) is 5.02 Å². The molecule has 1 atom stereocenters. The number of halogens is 2. The van der Waals surface area contributed by atoms with Gasteiger partial charge in [0.25, 0.3) is 0 Å². The summed E-state index contributed by atoms with van der Waals surface area (Å²) in [4.78, 5) is 27.4. The first-order valence-corrected chi connectivity index (χ1v) is 13.7. The van der Waals surface area contributed by atoms with Crippen LogP contribution in [0.4, 0.5) is 10.1 Å². The molecule has 0 heterocycles. The molecule has 0 aliphatic heterocycles. The molecule has 0 unspecified atom stereocenters. The molecule has 0 aromatic heterocycles. The van der Waals surface area contributed by atoms with E-state index in [2.05, 4.69) is 5.32 Å². The first-order valence-electron chi connectivity index (χ1n) is 11.4. The fraction of sp³-hybridized carbons (Fsp3) is 0.440. The second-order valence-electron chi connectivity index (χ2n) is 8.82. The number of sulfonamides is 1. The maximum Gasteiger partial charge on any atom is 0.242 e. The van der Waals surface area contributed by atoms with Gasteiger partial charge in [0, 0.05) is 31.1 Å². The molecule has 10 heteroatoms. The average Bonchev–Trinajstić information content (AvgIpc) is 2.79. The second-order valence-corrected chi connectivity index (χ2v) is 11.1. The second kappa shape index (κ2) is 12.9. The van der Waals surface area contributed by atoms with Gasteiger partial charge in [-0.25, -0.2) is 12.8 Å². The highest BCUT2D eigenvalue weighted by molar-refractivity contribution is 7.92. The number of hydrogen-bond acceptors (Lipinski definition) is 4. The lowest BCUT2D eigenvalue weighted by Crippen LogP contribution is -2.48. The zero-order chi connectivity index (χ0) is 26.2. The third kappa shape index (κ3) is 8.50. The number of anilines is 1. The number of para-hydroxylation sites is 1. The molecular formula is C25H33ClFN3O4S. The Bertz CT molecular complexity index is 1130. The first kappa shape index (κ1) is 28.6. The topological polar surface area (TPSA) is 86.8 Å². The summed E-state index contributed by atoms with van der Waals surface area (Å²) >= 11 is 6.29. The standard InChI is InChI=1S/C25H33ClFN3O4S/c1-18(2)16-28-25(32)19(3)29(17-20-10-5-6-11-21(20)26)24(31)14-9-15-30(35(4,33)34)23-13-8-7-12-22(23)27/h5-8,10-13,18-19H,9,14-17H2,1-4H3,(H,28,32)/t19-/m1/s1. The summed E-state index contributed by atoms with van der Waals surface area (Å²) in [6.45, 7) is 6.11. The minimum absolute atomic E-state index is 0.0350. The van der Waals surface area contributed by atoms with Crippen LogP contribution >= 0.6 is 11.6 Å². The van der Waals surface area contributed by atoms with Gasteiger partial charge in [0.15, 0.2) is 0 Å². The molecule has 2 rings (SSSR count). The third-order valence-corrected chi connectivity index (χ3v) is 6.97. The molecule has 2 aromatic rings. The predicted octanol–water partition coefficient (Wildman–Crippen LogP) is 4.21. The zero-order valence-electron chi connectivity index (χ0n) is 20.5. The van der Waals surface area contributed by atoms with Crippen molar-refractivity contribution in [3.05, 3.63) is 64.9 Å². The van der Waals surface area contributed by atoms with Crippen LogP contribution in [-0.4, -0.2) is 50.5 Å². The molecule has 192 valence electrons. The van der Waals surface area contributed by atoms with Crippen LogP contribution in [0.15, 0.2) is 48.5 Å². The van der Waals surface area contributed by atoms with Crippen LogP contribution in [0.1, 0.15) is 39.2 Å². The highest BCUT2D eigenvalue weighted by Gasteiger charge is 2.27. The quantitative estimate of drug-likeness (QED) is 0.449. The largest absolute Gasteiger partial charge is 0.354 e. The lowest BCUT2D eigenvalue weighted by atomic mass is 10.1. The molecule has 0 radical (unpaired) electrons. The molecule has 1 N–H and O–H groups in total. The number of hydrogen-bond donors (Lipinski definition) is 1. The molecule has 2 amide bonds. The van der Waals surface area contributed by atoms with Crippen molar-refractivity contribution < 1.29 is 22.4 Å². The van der Waals surface area contributed by atoms with E-state index in [4.69, 9.17) is 11.6 Å². The van der Waals surface area contributed by atoms with Crippen LogP contribution in [0.25, 0.3) is 0 Å². The molecule has 0 spiro atoms. The molecule has 0 aliphatic rings. The van der Waals surface area contributed by atoms with Gasteiger partial charge in [-0.2, -0.15) is 0 Å². The summed E-state index contributed by atoms with van der Waals surface area (Å²) in [7, 11) is -3.77. The van der Waals surface area contributed by atoms with Crippen molar-refractivity contribution >= 4 is 39.1 Å². The smallest absolute Gasteiger partial charge is 0.242 e. The van der Waals surface area contributed by atoms with E-state index in [0.29, 0.717) is 17.1 Å². The van der Waals surface area contributed by atoms with Crippen LogP contribution < -0.4 is 9.62 Å². The van der Waals surface area contributed by atoms with Gasteiger partial charge in [-0.15, -0.1) is 0 Å². The number of nitrogens with zero attached hydrogens (tertiary/aromatic N) is 2. The molecule has 0 aliphatic carbocycles. The molecule has 7 nitrogen and oxygen atoms in total. The summed E-state index contributed by atoms with van der Waals surface area (Å²) in [5.74, 6) is -1.04. The van der Waals surface area contributed by atoms with Crippen LogP contribution in [0, 0.1) is 11.7 Å². The molecule has 0 fully saturated rings. The Labute approximate surface area is 212 Å². The Morgan fingerprint density at radius 2 is 1.69 bits per heavy atom. The maximum absolute atomic E-state index is 14.3. The van der Waals surface area contributed by atoms with E-state index in [1.807, 2.05) is 13.8 Å². The predicted molar refractivity (Wildman–Crippen MR) is 137 cm³/mol. The van der Waals surface area contributed by atoms with Crippen molar-refractivity contribution in [3.63, 3.8) is 0 Å². The van der Waals surface area contributed by atoms with Gasteiger partial charge < -0.3 is 10.2 Å². The fourth-order valence-electron chi connectivity index (χ4n) is 3.48. The number of benzene rings is 2. The van der Waals surface area contributed by atoms with Crippen molar-refractivity contribution in [2.24, 2.45) is 5.92 Å². The van der Waals surface area contributed by atoms with E-state index in [1.54, 1.807) is 37.3 Å². The Morgan fingerprint density at radius 3 is 2.29 bits per heavy atom. The minimum atomic E-state index is -3.77. The van der Waals surface area contributed by atoms with E-state index in [1.165, 1.54) is 23.1 Å². The highest BCUT2D eigenvalue weighted by atomic mass is 35.5. The summed E-state index contributed by atoms with van der Waals surface area (Å²) in [6.07, 6.45) is 1.10. The Kier molecular flexibility index (Phi) is 10.5. The van der Waals surface area contributed by atoms with Gasteiger partial charge in [-0.1, -0.05) is 55.8 Å². The van der Waals surface area contributed by atoms with Crippen LogP contribution in [0.3, 0.4) is 0 Å². The van der Waals surface area contributed by atoms with Crippen molar-refractivity contribution in [1.29, 1.82) is 0 Å². The summed E-state index contributed by atoms with van der Waals surface area (Å²) in [6, 6.07) is 11.9. The normalized spacial score (nSPS) is 12.3. The highest BCUT2D eigenvalue weighted by Crippen LogP contribution is 2.23. The van der Waals surface area contributed by atoms with E-state index in [-0.39, 0.29) is 49.4 Å². The average molecular weight is 526 g/mol. The summed E-state index contributed by atoms with van der Waals surface area (Å²) in [5, 5.41) is 3.32. The van der Waals surface area contributed by atoms with Gasteiger partial charge in [-0.3, -0.25) is 13.9 Å². The molecular weight excluding hydrogens is 493 g/mol. The van der Waals surface area contributed by atoms with E-state index in [9.17, 15) is 22.4 Å². The maximum atomic E-state index is 14.3. The van der Waals surface area contributed by atoms with Gasteiger partial charge in [0.05, 0.1) is 11.9 Å². The third-order valence-electron chi connectivity index (χ3n) is 5.42. The van der Waals surface area contributed by atoms with Crippen molar-refractivity contribution in [3.8, 4) is 0 Å². The van der Waals surface area contributed by atoms with Crippen LogP contribution in [-0.2, 0) is 26.2 Å². The lowest BCUT2D eigenvalue weighted by Gasteiger charge is -2.30. The molecule has 35 heavy (non-hydrogen) atoms. The molecule has 2 aromatic carbocycles. The Hall–Kier alpha value is -2.65. The van der Waals surface area contributed by atoms with E-state index >= 15 is 0 Å².